The molecule has 1 rings (SSSR count). The quantitative estimate of drug-likeness (QED) is 0.621. The molecule has 0 spiro atoms. The van der Waals surface area contributed by atoms with E-state index in [1.807, 2.05) is 0 Å². The zero-order valence-electron chi connectivity index (χ0n) is 12.4. The van der Waals surface area contributed by atoms with Gasteiger partial charge in [-0.3, -0.25) is 4.79 Å². The Hall–Kier alpha value is -1.83. The second-order valence-corrected chi connectivity index (χ2v) is 5.20. The molecule has 1 unspecified atom stereocenters. The highest BCUT2D eigenvalue weighted by atomic mass is 16.5. The summed E-state index contributed by atoms with van der Waals surface area (Å²) in [4.78, 5) is 36.1. The molecular formula is C13H23N3O5. The summed E-state index contributed by atoms with van der Waals surface area (Å²) in [6.07, 6.45) is 0.187. The van der Waals surface area contributed by atoms with Gasteiger partial charge in [0.1, 0.15) is 6.04 Å². The lowest BCUT2D eigenvalue weighted by Gasteiger charge is -2.27. The minimum absolute atomic E-state index is 0.0442. The number of nitrogens with one attached hydrogen (secondary N) is 2. The Balaban J connectivity index is 2.26. The van der Waals surface area contributed by atoms with E-state index in [4.69, 9.17) is 9.84 Å². The van der Waals surface area contributed by atoms with Crippen LogP contribution < -0.4 is 10.6 Å². The molecule has 0 radical (unpaired) electrons. The Bertz CT molecular complexity index is 380. The number of aliphatic carboxylic acids is 1. The van der Waals surface area contributed by atoms with E-state index in [1.54, 1.807) is 18.7 Å². The number of amides is 3. The van der Waals surface area contributed by atoms with Gasteiger partial charge in [0.15, 0.2) is 0 Å². The van der Waals surface area contributed by atoms with Gasteiger partial charge in [-0.1, -0.05) is 13.8 Å². The molecule has 8 nitrogen and oxygen atoms in total. The molecule has 120 valence electrons. The fraction of sp³-hybridized carbons (Fsp3) is 0.769. The van der Waals surface area contributed by atoms with Crippen LogP contribution in [0.4, 0.5) is 4.79 Å². The first-order valence-electron chi connectivity index (χ1n) is 7.04. The Kier molecular flexibility index (Phi) is 6.93. The van der Waals surface area contributed by atoms with Gasteiger partial charge < -0.3 is 25.4 Å². The predicted octanol–water partition coefficient (Wildman–Crippen LogP) is -0.356. The highest BCUT2D eigenvalue weighted by Crippen LogP contribution is 2.02. The molecule has 21 heavy (non-hydrogen) atoms. The lowest BCUT2D eigenvalue weighted by Crippen LogP contribution is -2.49. The maximum Gasteiger partial charge on any atom is 0.326 e. The lowest BCUT2D eigenvalue weighted by molar-refractivity contribution is -0.140. The minimum atomic E-state index is -1.08. The molecule has 1 heterocycles. The van der Waals surface area contributed by atoms with E-state index >= 15 is 0 Å². The summed E-state index contributed by atoms with van der Waals surface area (Å²) in [5.41, 5.74) is 0. The van der Waals surface area contributed by atoms with Crippen LogP contribution in [0, 0.1) is 5.92 Å². The Morgan fingerprint density at radius 3 is 2.38 bits per heavy atom. The maximum absolute atomic E-state index is 11.8. The number of nitrogens with zero attached hydrogens (tertiary/aromatic N) is 1. The first-order chi connectivity index (χ1) is 9.91. The molecule has 3 amide bonds. The van der Waals surface area contributed by atoms with Crippen molar-refractivity contribution < 1.29 is 24.2 Å². The average molecular weight is 301 g/mol. The normalized spacial score (nSPS) is 16.4. The highest BCUT2D eigenvalue weighted by molar-refractivity contribution is 5.83. The summed E-state index contributed by atoms with van der Waals surface area (Å²) in [5, 5.41) is 13.8. The maximum atomic E-state index is 11.8. The molecule has 0 saturated carbocycles. The van der Waals surface area contributed by atoms with Crippen molar-refractivity contribution in [3.8, 4) is 0 Å². The molecule has 1 aliphatic rings. The number of carboxylic acid groups (broad SMARTS) is 1. The van der Waals surface area contributed by atoms with E-state index in [9.17, 15) is 14.4 Å². The summed E-state index contributed by atoms with van der Waals surface area (Å²) >= 11 is 0. The van der Waals surface area contributed by atoms with Gasteiger partial charge in [0.05, 0.1) is 13.2 Å². The van der Waals surface area contributed by atoms with Crippen LogP contribution in [-0.2, 0) is 14.3 Å². The van der Waals surface area contributed by atoms with Gasteiger partial charge in [0, 0.05) is 26.1 Å². The summed E-state index contributed by atoms with van der Waals surface area (Å²) in [7, 11) is 0. The zero-order chi connectivity index (χ0) is 15.8. The Morgan fingerprint density at radius 1 is 1.24 bits per heavy atom. The van der Waals surface area contributed by atoms with Crippen LogP contribution >= 0.6 is 0 Å². The summed E-state index contributed by atoms with van der Waals surface area (Å²) in [5.74, 6) is -1.34. The number of morpholine rings is 1. The number of carbonyl (C=O) groups is 3. The Labute approximate surface area is 123 Å². The van der Waals surface area contributed by atoms with Gasteiger partial charge in [-0.05, 0) is 5.92 Å². The number of hydrogen-bond donors (Lipinski definition) is 3. The van der Waals surface area contributed by atoms with Crippen molar-refractivity contribution >= 4 is 17.9 Å². The van der Waals surface area contributed by atoms with E-state index in [-0.39, 0.29) is 24.8 Å². The monoisotopic (exact) mass is 301 g/mol. The molecular weight excluding hydrogens is 278 g/mol. The van der Waals surface area contributed by atoms with Gasteiger partial charge in [-0.2, -0.15) is 0 Å². The van der Waals surface area contributed by atoms with Crippen molar-refractivity contribution in [2.45, 2.75) is 26.3 Å². The minimum Gasteiger partial charge on any atom is -0.480 e. The number of carbonyl (C=O) groups excluding carboxylic acids is 2. The molecule has 0 bridgehead atoms. The summed E-state index contributed by atoms with van der Waals surface area (Å²) in [6, 6.07) is -1.52. The third-order valence-electron chi connectivity index (χ3n) is 3.21. The molecule has 0 aromatic rings. The number of ether oxygens (including phenoxy) is 1. The SMILES string of the molecule is CC(C)C(NC(=O)NCCC(=O)N1CCOCC1)C(=O)O. The second-order valence-electron chi connectivity index (χ2n) is 5.20. The van der Waals surface area contributed by atoms with Crippen molar-refractivity contribution in [1.29, 1.82) is 0 Å². The number of rotatable bonds is 6. The molecule has 8 heteroatoms. The summed E-state index contributed by atoms with van der Waals surface area (Å²) < 4.78 is 5.15. The Morgan fingerprint density at radius 2 is 1.86 bits per heavy atom. The van der Waals surface area contributed by atoms with E-state index in [0.29, 0.717) is 26.3 Å². The van der Waals surface area contributed by atoms with Crippen LogP contribution in [0.15, 0.2) is 0 Å². The van der Waals surface area contributed by atoms with Crippen molar-refractivity contribution in [3.05, 3.63) is 0 Å². The number of carboxylic acids is 1. The number of hydrogen-bond acceptors (Lipinski definition) is 4. The molecule has 1 saturated heterocycles. The van der Waals surface area contributed by atoms with Crippen molar-refractivity contribution in [2.75, 3.05) is 32.8 Å². The lowest BCUT2D eigenvalue weighted by atomic mass is 10.1. The van der Waals surface area contributed by atoms with Gasteiger partial charge >= 0.3 is 12.0 Å². The fourth-order valence-corrected chi connectivity index (χ4v) is 1.96. The van der Waals surface area contributed by atoms with E-state index in [0.717, 1.165) is 0 Å². The first kappa shape index (κ1) is 17.2. The van der Waals surface area contributed by atoms with E-state index < -0.39 is 18.0 Å². The molecule has 0 aliphatic carbocycles. The topological polar surface area (TPSA) is 108 Å². The highest BCUT2D eigenvalue weighted by Gasteiger charge is 2.23. The number of urea groups is 1. The van der Waals surface area contributed by atoms with E-state index in [1.165, 1.54) is 0 Å². The second kappa shape index (κ2) is 8.46. The molecule has 0 aromatic carbocycles. The van der Waals surface area contributed by atoms with Crippen molar-refractivity contribution in [1.82, 2.24) is 15.5 Å². The predicted molar refractivity (Wildman–Crippen MR) is 74.8 cm³/mol. The van der Waals surface area contributed by atoms with Gasteiger partial charge in [-0.25, -0.2) is 9.59 Å². The average Bonchev–Trinajstić information content (AvgIpc) is 2.45. The fourth-order valence-electron chi connectivity index (χ4n) is 1.96. The van der Waals surface area contributed by atoms with Gasteiger partial charge in [0.2, 0.25) is 5.91 Å². The third-order valence-corrected chi connectivity index (χ3v) is 3.21. The van der Waals surface area contributed by atoms with Crippen molar-refractivity contribution in [3.63, 3.8) is 0 Å². The first-order valence-corrected chi connectivity index (χ1v) is 7.04. The van der Waals surface area contributed by atoms with Crippen LogP contribution in [0.25, 0.3) is 0 Å². The summed E-state index contributed by atoms with van der Waals surface area (Å²) in [6.45, 7) is 5.80. The smallest absolute Gasteiger partial charge is 0.326 e. The molecule has 1 aliphatic heterocycles. The van der Waals surface area contributed by atoms with Crippen LogP contribution in [-0.4, -0.2) is 66.8 Å². The van der Waals surface area contributed by atoms with Crippen molar-refractivity contribution in [2.24, 2.45) is 5.92 Å². The van der Waals surface area contributed by atoms with Crippen LogP contribution in [0.3, 0.4) is 0 Å². The molecule has 0 aromatic heterocycles. The van der Waals surface area contributed by atoms with E-state index in [2.05, 4.69) is 10.6 Å². The van der Waals surface area contributed by atoms with Crippen LogP contribution in [0.1, 0.15) is 20.3 Å². The largest absolute Gasteiger partial charge is 0.480 e. The molecule has 1 fully saturated rings. The van der Waals surface area contributed by atoms with Gasteiger partial charge in [-0.15, -0.1) is 0 Å². The zero-order valence-corrected chi connectivity index (χ0v) is 12.4. The van der Waals surface area contributed by atoms with Gasteiger partial charge in [0.25, 0.3) is 0 Å². The third kappa shape index (κ3) is 5.99. The van der Waals surface area contributed by atoms with Crippen LogP contribution in [0.5, 0.6) is 0 Å². The molecule has 1 atom stereocenters. The standard InChI is InChI=1S/C13H23N3O5/c1-9(2)11(12(18)19)15-13(20)14-4-3-10(17)16-5-7-21-8-6-16/h9,11H,3-8H2,1-2H3,(H,18,19)(H2,14,15,20). The van der Waals surface area contributed by atoms with Crippen LogP contribution in [0.2, 0.25) is 0 Å². The molecule has 3 N–H and O–H groups in total.